The third kappa shape index (κ3) is 3.05. The molecule has 1 unspecified atom stereocenters. The molecule has 1 aliphatic rings. The van der Waals surface area contributed by atoms with E-state index in [0.29, 0.717) is 6.04 Å². The Balaban J connectivity index is 2.35. The van der Waals surface area contributed by atoms with Crippen molar-refractivity contribution < 1.29 is 9.72 Å². The van der Waals surface area contributed by atoms with Crippen LogP contribution in [0.4, 0.5) is 11.4 Å². The van der Waals surface area contributed by atoms with Crippen molar-refractivity contribution in [3.05, 3.63) is 33.9 Å². The third-order valence-corrected chi connectivity index (χ3v) is 3.40. The molecule has 1 heterocycles. The molecule has 2 rings (SSSR count). The smallest absolute Gasteiger partial charge is 0.282 e. The van der Waals surface area contributed by atoms with E-state index >= 15 is 0 Å². The molecule has 0 spiro atoms. The predicted molar refractivity (Wildman–Crippen MR) is 75.9 cm³/mol. The van der Waals surface area contributed by atoms with E-state index in [2.05, 4.69) is 17.1 Å². The minimum absolute atomic E-state index is 0.0441. The minimum atomic E-state index is -0.778. The summed E-state index contributed by atoms with van der Waals surface area (Å²) in [5, 5.41) is 14.3. The van der Waals surface area contributed by atoms with E-state index in [-0.39, 0.29) is 11.3 Å². The highest BCUT2D eigenvalue weighted by molar-refractivity contribution is 5.98. The van der Waals surface area contributed by atoms with E-state index in [9.17, 15) is 14.9 Å². The average Bonchev–Trinajstić information content (AvgIpc) is 2.62. The Bertz CT molecular complexity index is 532. The second kappa shape index (κ2) is 5.87. The molecule has 0 aliphatic carbocycles. The van der Waals surface area contributed by atoms with E-state index in [1.165, 1.54) is 12.1 Å². The molecule has 1 aromatic carbocycles. The standard InChI is InChI=1S/C13H18N4O3/c1-9-8-16(6-2-5-15-9)10-3-4-12(17(19)20)11(7-10)13(14)18/h3-4,7,9,15H,2,5-6,8H2,1H3,(H2,14,18). The zero-order valence-corrected chi connectivity index (χ0v) is 11.3. The number of nitrogens with one attached hydrogen (secondary N) is 1. The molecule has 3 N–H and O–H groups in total. The molecule has 1 saturated heterocycles. The van der Waals surface area contributed by atoms with Crippen LogP contribution in [-0.2, 0) is 0 Å². The lowest BCUT2D eigenvalue weighted by molar-refractivity contribution is -0.385. The molecule has 1 amide bonds. The van der Waals surface area contributed by atoms with Crippen LogP contribution in [0.3, 0.4) is 0 Å². The van der Waals surface area contributed by atoms with Gasteiger partial charge in [0.15, 0.2) is 0 Å². The molecule has 1 aliphatic heterocycles. The van der Waals surface area contributed by atoms with Crippen molar-refractivity contribution >= 4 is 17.3 Å². The van der Waals surface area contributed by atoms with Gasteiger partial charge in [0.05, 0.1) is 4.92 Å². The second-order valence-electron chi connectivity index (χ2n) is 4.98. The van der Waals surface area contributed by atoms with E-state index in [1.54, 1.807) is 6.07 Å². The van der Waals surface area contributed by atoms with Gasteiger partial charge < -0.3 is 16.0 Å². The van der Waals surface area contributed by atoms with Crippen molar-refractivity contribution in [1.82, 2.24) is 5.32 Å². The number of carbonyl (C=O) groups is 1. The Morgan fingerprint density at radius 1 is 1.55 bits per heavy atom. The summed E-state index contributed by atoms with van der Waals surface area (Å²) in [6.45, 7) is 4.65. The van der Waals surface area contributed by atoms with Crippen molar-refractivity contribution in [3.63, 3.8) is 0 Å². The first kappa shape index (κ1) is 14.3. The monoisotopic (exact) mass is 278 g/mol. The van der Waals surface area contributed by atoms with Crippen LogP contribution >= 0.6 is 0 Å². The molecule has 20 heavy (non-hydrogen) atoms. The average molecular weight is 278 g/mol. The van der Waals surface area contributed by atoms with Crippen LogP contribution in [0.1, 0.15) is 23.7 Å². The number of nitrogens with zero attached hydrogens (tertiary/aromatic N) is 2. The number of carbonyl (C=O) groups excluding carboxylic acids is 1. The Labute approximate surface area is 116 Å². The number of benzene rings is 1. The fraction of sp³-hybridized carbons (Fsp3) is 0.462. The minimum Gasteiger partial charge on any atom is -0.370 e. The Hall–Kier alpha value is -2.15. The maximum atomic E-state index is 11.4. The maximum absolute atomic E-state index is 11.4. The van der Waals surface area contributed by atoms with Crippen LogP contribution in [0, 0.1) is 10.1 Å². The van der Waals surface area contributed by atoms with Gasteiger partial charge in [0, 0.05) is 30.9 Å². The van der Waals surface area contributed by atoms with Crippen LogP contribution in [0.5, 0.6) is 0 Å². The SMILES string of the molecule is CC1CN(c2ccc([N+](=O)[O-])c(C(N)=O)c2)CCCN1. The van der Waals surface area contributed by atoms with Crippen molar-refractivity contribution in [2.45, 2.75) is 19.4 Å². The Kier molecular flexibility index (Phi) is 4.19. The predicted octanol–water partition coefficient (Wildman–Crippen LogP) is 0.882. The van der Waals surface area contributed by atoms with Gasteiger partial charge in [0.1, 0.15) is 5.56 Å². The number of hydrogen-bond donors (Lipinski definition) is 2. The van der Waals surface area contributed by atoms with Gasteiger partial charge in [-0.2, -0.15) is 0 Å². The summed E-state index contributed by atoms with van der Waals surface area (Å²) >= 11 is 0. The fourth-order valence-electron chi connectivity index (χ4n) is 2.42. The molecular weight excluding hydrogens is 260 g/mol. The zero-order valence-electron chi connectivity index (χ0n) is 11.3. The first-order valence-corrected chi connectivity index (χ1v) is 6.55. The summed E-state index contributed by atoms with van der Waals surface area (Å²) in [5.74, 6) is -0.778. The molecule has 108 valence electrons. The lowest BCUT2D eigenvalue weighted by Crippen LogP contribution is -2.35. The van der Waals surface area contributed by atoms with Crippen molar-refractivity contribution in [1.29, 1.82) is 0 Å². The van der Waals surface area contributed by atoms with E-state index in [1.807, 2.05) is 0 Å². The van der Waals surface area contributed by atoms with Gasteiger partial charge in [-0.1, -0.05) is 0 Å². The second-order valence-corrected chi connectivity index (χ2v) is 4.98. The van der Waals surface area contributed by atoms with Gasteiger partial charge in [0.2, 0.25) is 0 Å². The molecule has 0 bridgehead atoms. The summed E-state index contributed by atoms with van der Waals surface area (Å²) in [6, 6.07) is 4.85. The molecule has 0 radical (unpaired) electrons. The summed E-state index contributed by atoms with van der Waals surface area (Å²) < 4.78 is 0. The summed E-state index contributed by atoms with van der Waals surface area (Å²) in [7, 11) is 0. The molecule has 1 atom stereocenters. The quantitative estimate of drug-likeness (QED) is 0.631. The fourth-order valence-corrected chi connectivity index (χ4v) is 2.42. The first-order chi connectivity index (χ1) is 9.49. The molecule has 7 heteroatoms. The van der Waals surface area contributed by atoms with Crippen LogP contribution in [0.2, 0.25) is 0 Å². The number of nitro groups is 1. The Morgan fingerprint density at radius 2 is 2.30 bits per heavy atom. The number of nitrogens with two attached hydrogens (primary N) is 1. The molecule has 0 aromatic heterocycles. The highest BCUT2D eigenvalue weighted by Gasteiger charge is 2.21. The molecule has 7 nitrogen and oxygen atoms in total. The van der Waals surface area contributed by atoms with Crippen LogP contribution < -0.4 is 16.0 Å². The molecule has 1 aromatic rings. The Morgan fingerprint density at radius 3 is 2.95 bits per heavy atom. The number of primary amides is 1. The van der Waals surface area contributed by atoms with Crippen LogP contribution in [0.15, 0.2) is 18.2 Å². The van der Waals surface area contributed by atoms with Gasteiger partial charge in [0.25, 0.3) is 11.6 Å². The topological polar surface area (TPSA) is 102 Å². The normalized spacial score (nSPS) is 19.4. The van der Waals surface area contributed by atoms with Gasteiger partial charge in [-0.25, -0.2) is 0 Å². The highest BCUT2D eigenvalue weighted by atomic mass is 16.6. The lowest BCUT2D eigenvalue weighted by atomic mass is 10.1. The largest absolute Gasteiger partial charge is 0.370 e. The van der Waals surface area contributed by atoms with E-state index in [4.69, 9.17) is 5.73 Å². The van der Waals surface area contributed by atoms with Crippen LogP contribution in [0.25, 0.3) is 0 Å². The third-order valence-electron chi connectivity index (χ3n) is 3.40. The van der Waals surface area contributed by atoms with E-state index < -0.39 is 10.8 Å². The van der Waals surface area contributed by atoms with Crippen molar-refractivity contribution in [2.24, 2.45) is 5.73 Å². The number of nitro benzene ring substituents is 1. The number of amides is 1. The lowest BCUT2D eigenvalue weighted by Gasteiger charge is -2.25. The van der Waals surface area contributed by atoms with Gasteiger partial charge in [-0.05, 0) is 32.0 Å². The van der Waals surface area contributed by atoms with Crippen molar-refractivity contribution in [2.75, 3.05) is 24.5 Å². The van der Waals surface area contributed by atoms with Crippen LogP contribution in [-0.4, -0.2) is 36.5 Å². The number of hydrogen-bond acceptors (Lipinski definition) is 5. The van der Waals surface area contributed by atoms with Gasteiger partial charge in [-0.3, -0.25) is 14.9 Å². The summed E-state index contributed by atoms with van der Waals surface area (Å²) in [4.78, 5) is 23.8. The molecule has 1 fully saturated rings. The zero-order chi connectivity index (χ0) is 14.7. The summed E-state index contributed by atoms with van der Waals surface area (Å²) in [5.41, 5.74) is 5.73. The van der Waals surface area contributed by atoms with Gasteiger partial charge >= 0.3 is 0 Å². The molecular formula is C13H18N4O3. The summed E-state index contributed by atoms with van der Waals surface area (Å²) in [6.07, 6.45) is 0.979. The highest BCUT2D eigenvalue weighted by Crippen LogP contribution is 2.25. The van der Waals surface area contributed by atoms with Crippen molar-refractivity contribution in [3.8, 4) is 0 Å². The van der Waals surface area contributed by atoms with E-state index in [0.717, 1.165) is 31.7 Å². The maximum Gasteiger partial charge on any atom is 0.282 e. The van der Waals surface area contributed by atoms with Gasteiger partial charge in [-0.15, -0.1) is 0 Å². The first-order valence-electron chi connectivity index (χ1n) is 6.55. The molecule has 0 saturated carbocycles. The number of rotatable bonds is 3. The number of anilines is 1.